The molecule has 0 atom stereocenters. The highest BCUT2D eigenvalue weighted by atomic mass is 15.1. The normalized spacial score (nSPS) is 12.6. The molecule has 0 radical (unpaired) electrons. The van der Waals surface area contributed by atoms with Crippen molar-refractivity contribution in [2.75, 3.05) is 25.0 Å². The number of nitrogens with two attached hydrogens (primary N) is 1. The number of rotatable bonds is 5. The average Bonchev–Trinajstić information content (AvgIpc) is 2.34. The van der Waals surface area contributed by atoms with Crippen molar-refractivity contribution < 1.29 is 0 Å². The molecule has 0 saturated heterocycles. The van der Waals surface area contributed by atoms with E-state index in [4.69, 9.17) is 5.73 Å². The summed E-state index contributed by atoms with van der Waals surface area (Å²) in [5.41, 5.74) is 7.13. The summed E-state index contributed by atoms with van der Waals surface area (Å²) in [7, 11) is 2.10. The second-order valence-corrected chi connectivity index (χ2v) is 5.63. The summed E-state index contributed by atoms with van der Waals surface area (Å²) < 4.78 is 0. The molecule has 1 aromatic carbocycles. The third kappa shape index (κ3) is 4.78. The van der Waals surface area contributed by atoms with E-state index in [1.165, 1.54) is 5.69 Å². The highest BCUT2D eigenvalue weighted by Gasteiger charge is 2.14. The minimum absolute atomic E-state index is 0.0225. The standard InChI is InChI=1S/C15H25N3/c1-15(2,3)14(16)17-11-8-12-18(4)13-9-6-5-7-10-13/h5-7,9-10H,8,11-12H2,1-4H3,(H2,16,17). The van der Waals surface area contributed by atoms with Crippen LogP contribution in [-0.2, 0) is 0 Å². The Labute approximate surface area is 111 Å². The van der Waals surface area contributed by atoms with Crippen molar-refractivity contribution in [3.63, 3.8) is 0 Å². The van der Waals surface area contributed by atoms with Gasteiger partial charge in [-0.1, -0.05) is 39.0 Å². The summed E-state index contributed by atoms with van der Waals surface area (Å²) in [6.07, 6.45) is 1.02. The molecule has 0 aliphatic rings. The van der Waals surface area contributed by atoms with Crippen LogP contribution >= 0.6 is 0 Å². The van der Waals surface area contributed by atoms with Crippen molar-refractivity contribution in [1.29, 1.82) is 0 Å². The quantitative estimate of drug-likeness (QED) is 0.494. The predicted octanol–water partition coefficient (Wildman–Crippen LogP) is 2.92. The molecule has 100 valence electrons. The van der Waals surface area contributed by atoms with Crippen LogP contribution in [0.2, 0.25) is 0 Å². The molecule has 0 fully saturated rings. The first kappa shape index (κ1) is 14.6. The van der Waals surface area contributed by atoms with Crippen molar-refractivity contribution in [3.8, 4) is 0 Å². The largest absolute Gasteiger partial charge is 0.387 e. The molecule has 0 unspecified atom stereocenters. The lowest BCUT2D eigenvalue weighted by Gasteiger charge is -2.19. The first-order chi connectivity index (χ1) is 8.41. The summed E-state index contributed by atoms with van der Waals surface area (Å²) >= 11 is 0. The Morgan fingerprint density at radius 3 is 2.39 bits per heavy atom. The van der Waals surface area contributed by atoms with Crippen LogP contribution in [0.15, 0.2) is 35.3 Å². The molecular weight excluding hydrogens is 222 g/mol. The molecule has 0 heterocycles. The molecule has 2 N–H and O–H groups in total. The molecule has 0 amide bonds. The first-order valence-electron chi connectivity index (χ1n) is 6.48. The number of hydrogen-bond acceptors (Lipinski definition) is 2. The van der Waals surface area contributed by atoms with Gasteiger partial charge in [0.15, 0.2) is 0 Å². The number of nitrogens with zero attached hydrogens (tertiary/aromatic N) is 2. The van der Waals surface area contributed by atoms with Gasteiger partial charge in [0.1, 0.15) is 0 Å². The van der Waals surface area contributed by atoms with Crippen molar-refractivity contribution in [1.82, 2.24) is 0 Å². The highest BCUT2D eigenvalue weighted by Crippen LogP contribution is 2.13. The van der Waals surface area contributed by atoms with E-state index < -0.39 is 0 Å². The van der Waals surface area contributed by atoms with E-state index in [-0.39, 0.29) is 5.41 Å². The number of amidine groups is 1. The second-order valence-electron chi connectivity index (χ2n) is 5.63. The van der Waals surface area contributed by atoms with Crippen molar-refractivity contribution in [2.24, 2.45) is 16.1 Å². The molecule has 0 aliphatic heterocycles. The average molecular weight is 247 g/mol. The Balaban J connectivity index is 2.35. The first-order valence-corrected chi connectivity index (χ1v) is 6.48. The molecule has 1 aromatic rings. The summed E-state index contributed by atoms with van der Waals surface area (Å²) in [5.74, 6) is 0.741. The van der Waals surface area contributed by atoms with Gasteiger partial charge in [0.2, 0.25) is 0 Å². The fraction of sp³-hybridized carbons (Fsp3) is 0.533. The van der Waals surface area contributed by atoms with E-state index in [2.05, 4.69) is 62.0 Å². The lowest BCUT2D eigenvalue weighted by atomic mass is 9.95. The highest BCUT2D eigenvalue weighted by molar-refractivity contribution is 5.85. The fourth-order valence-corrected chi connectivity index (χ4v) is 1.56. The van der Waals surface area contributed by atoms with Gasteiger partial charge in [-0.3, -0.25) is 4.99 Å². The zero-order chi connectivity index (χ0) is 13.6. The summed E-state index contributed by atoms with van der Waals surface area (Å²) in [6, 6.07) is 10.4. The van der Waals surface area contributed by atoms with Gasteiger partial charge in [0, 0.05) is 31.2 Å². The maximum atomic E-state index is 5.92. The Morgan fingerprint density at radius 1 is 1.22 bits per heavy atom. The fourth-order valence-electron chi connectivity index (χ4n) is 1.56. The third-order valence-corrected chi connectivity index (χ3v) is 2.90. The van der Waals surface area contributed by atoms with Crippen LogP contribution in [0.25, 0.3) is 0 Å². The Bertz CT molecular complexity index is 376. The van der Waals surface area contributed by atoms with Gasteiger partial charge in [-0.15, -0.1) is 0 Å². The lowest BCUT2D eigenvalue weighted by Crippen LogP contribution is -2.29. The molecule has 0 spiro atoms. The molecule has 1 rings (SSSR count). The van der Waals surface area contributed by atoms with Gasteiger partial charge in [0.05, 0.1) is 5.84 Å². The van der Waals surface area contributed by atoms with Gasteiger partial charge in [-0.25, -0.2) is 0 Å². The zero-order valence-corrected chi connectivity index (χ0v) is 12.0. The molecule has 3 heteroatoms. The van der Waals surface area contributed by atoms with Crippen LogP contribution < -0.4 is 10.6 Å². The molecular formula is C15H25N3. The Hall–Kier alpha value is -1.51. The smallest absolute Gasteiger partial charge is 0.0991 e. The topological polar surface area (TPSA) is 41.6 Å². The predicted molar refractivity (Wildman–Crippen MR) is 80.3 cm³/mol. The summed E-state index contributed by atoms with van der Waals surface area (Å²) in [4.78, 5) is 6.67. The number of anilines is 1. The summed E-state index contributed by atoms with van der Waals surface area (Å²) in [6.45, 7) is 8.04. The molecule has 0 bridgehead atoms. The minimum atomic E-state index is -0.0225. The van der Waals surface area contributed by atoms with Crippen LogP contribution in [0.5, 0.6) is 0 Å². The van der Waals surface area contributed by atoms with Crippen molar-refractivity contribution >= 4 is 11.5 Å². The Kier molecular flexibility index (Phi) is 5.20. The van der Waals surface area contributed by atoms with E-state index in [1.54, 1.807) is 0 Å². The van der Waals surface area contributed by atoms with Gasteiger partial charge in [0.25, 0.3) is 0 Å². The molecule has 18 heavy (non-hydrogen) atoms. The summed E-state index contributed by atoms with van der Waals surface area (Å²) in [5, 5.41) is 0. The van der Waals surface area contributed by atoms with Crippen LogP contribution in [0.1, 0.15) is 27.2 Å². The third-order valence-electron chi connectivity index (χ3n) is 2.90. The van der Waals surface area contributed by atoms with Crippen LogP contribution in [0.3, 0.4) is 0 Å². The second kappa shape index (κ2) is 6.43. The Morgan fingerprint density at radius 2 is 1.83 bits per heavy atom. The van der Waals surface area contributed by atoms with Crippen molar-refractivity contribution in [2.45, 2.75) is 27.2 Å². The van der Waals surface area contributed by atoms with E-state index in [1.807, 2.05) is 6.07 Å². The monoisotopic (exact) mass is 247 g/mol. The molecule has 3 nitrogen and oxygen atoms in total. The van der Waals surface area contributed by atoms with Gasteiger partial charge in [-0.2, -0.15) is 0 Å². The zero-order valence-electron chi connectivity index (χ0n) is 12.0. The van der Waals surface area contributed by atoms with E-state index in [0.717, 1.165) is 25.3 Å². The maximum absolute atomic E-state index is 5.92. The van der Waals surface area contributed by atoms with Gasteiger partial charge < -0.3 is 10.6 Å². The molecule has 0 aromatic heterocycles. The number of para-hydroxylation sites is 1. The number of aliphatic imine (C=N–C) groups is 1. The molecule has 0 aliphatic carbocycles. The van der Waals surface area contributed by atoms with Gasteiger partial charge in [-0.05, 0) is 18.6 Å². The van der Waals surface area contributed by atoms with E-state index >= 15 is 0 Å². The molecule has 0 saturated carbocycles. The number of hydrogen-bond donors (Lipinski definition) is 1. The van der Waals surface area contributed by atoms with Gasteiger partial charge >= 0.3 is 0 Å². The lowest BCUT2D eigenvalue weighted by molar-refractivity contribution is 0.580. The van der Waals surface area contributed by atoms with Crippen LogP contribution in [-0.4, -0.2) is 26.0 Å². The minimum Gasteiger partial charge on any atom is -0.387 e. The van der Waals surface area contributed by atoms with Crippen molar-refractivity contribution in [3.05, 3.63) is 30.3 Å². The number of benzene rings is 1. The van der Waals surface area contributed by atoms with E-state index in [0.29, 0.717) is 0 Å². The van der Waals surface area contributed by atoms with E-state index in [9.17, 15) is 0 Å². The SMILES string of the molecule is CN(CCCN=C(N)C(C)(C)C)c1ccccc1. The van der Waals surface area contributed by atoms with Crippen LogP contribution in [0.4, 0.5) is 5.69 Å². The van der Waals surface area contributed by atoms with Crippen LogP contribution in [0, 0.1) is 5.41 Å². The maximum Gasteiger partial charge on any atom is 0.0991 e.